The highest BCUT2D eigenvalue weighted by atomic mass is 16.5. The molecular formula is C13H18N2O. The molecule has 1 aromatic carbocycles. The first-order chi connectivity index (χ1) is 7.81. The third-order valence-electron chi connectivity index (χ3n) is 2.86. The predicted molar refractivity (Wildman–Crippen MR) is 66.1 cm³/mol. The maximum absolute atomic E-state index is 5.35. The molecule has 0 amide bonds. The molecule has 1 aromatic rings. The van der Waals surface area contributed by atoms with E-state index in [2.05, 4.69) is 23.3 Å². The van der Waals surface area contributed by atoms with Gasteiger partial charge in [0, 0.05) is 18.5 Å². The SMILES string of the molecule is COc1ccccc1[C@H](C)NC1=NCCC1. The number of amidine groups is 1. The molecular weight excluding hydrogens is 200 g/mol. The van der Waals surface area contributed by atoms with Crippen molar-refractivity contribution in [3.63, 3.8) is 0 Å². The normalized spacial score (nSPS) is 16.8. The van der Waals surface area contributed by atoms with Crippen molar-refractivity contribution in [2.45, 2.75) is 25.8 Å². The van der Waals surface area contributed by atoms with Gasteiger partial charge < -0.3 is 10.1 Å². The van der Waals surface area contributed by atoms with Crippen LogP contribution in [0.3, 0.4) is 0 Å². The Hall–Kier alpha value is -1.51. The molecule has 0 saturated carbocycles. The Morgan fingerprint density at radius 2 is 2.19 bits per heavy atom. The fourth-order valence-corrected chi connectivity index (χ4v) is 2.01. The van der Waals surface area contributed by atoms with Crippen molar-refractivity contribution < 1.29 is 4.74 Å². The number of nitrogens with one attached hydrogen (secondary N) is 1. The van der Waals surface area contributed by atoms with E-state index in [1.807, 2.05) is 18.2 Å². The molecule has 1 aliphatic heterocycles. The van der Waals surface area contributed by atoms with Gasteiger partial charge in [-0.25, -0.2) is 0 Å². The smallest absolute Gasteiger partial charge is 0.124 e. The number of para-hydroxylation sites is 1. The van der Waals surface area contributed by atoms with Crippen LogP contribution in [0, 0.1) is 0 Å². The molecule has 0 aromatic heterocycles. The average Bonchev–Trinajstić information content (AvgIpc) is 2.81. The molecule has 1 atom stereocenters. The standard InChI is InChI=1S/C13H18N2O/c1-10(15-13-8-5-9-14-13)11-6-3-4-7-12(11)16-2/h3-4,6-7,10H,5,8-9H2,1-2H3,(H,14,15)/t10-/m0/s1. The average molecular weight is 218 g/mol. The molecule has 0 spiro atoms. The Morgan fingerprint density at radius 1 is 1.38 bits per heavy atom. The molecule has 0 bridgehead atoms. The van der Waals surface area contributed by atoms with Crippen LogP contribution in [0.2, 0.25) is 0 Å². The lowest BCUT2D eigenvalue weighted by atomic mass is 10.1. The van der Waals surface area contributed by atoms with E-state index in [1.165, 1.54) is 12.0 Å². The second-order valence-corrected chi connectivity index (χ2v) is 4.04. The highest BCUT2D eigenvalue weighted by Crippen LogP contribution is 2.24. The van der Waals surface area contributed by atoms with Crippen molar-refractivity contribution in [2.24, 2.45) is 4.99 Å². The summed E-state index contributed by atoms with van der Waals surface area (Å²) in [5.41, 5.74) is 1.18. The lowest BCUT2D eigenvalue weighted by Crippen LogP contribution is -2.25. The number of hydrogen-bond donors (Lipinski definition) is 1. The van der Waals surface area contributed by atoms with Crippen molar-refractivity contribution in [1.82, 2.24) is 5.32 Å². The molecule has 1 heterocycles. The number of aliphatic imine (C=N–C) groups is 1. The number of methoxy groups -OCH3 is 1. The molecule has 86 valence electrons. The summed E-state index contributed by atoms with van der Waals surface area (Å²) < 4.78 is 5.35. The molecule has 0 saturated heterocycles. The van der Waals surface area contributed by atoms with Crippen LogP contribution < -0.4 is 10.1 Å². The molecule has 3 nitrogen and oxygen atoms in total. The van der Waals surface area contributed by atoms with Gasteiger partial charge in [0.25, 0.3) is 0 Å². The Balaban J connectivity index is 2.10. The highest BCUT2D eigenvalue weighted by molar-refractivity contribution is 5.83. The van der Waals surface area contributed by atoms with Crippen LogP contribution in [0.15, 0.2) is 29.3 Å². The van der Waals surface area contributed by atoms with Crippen LogP contribution in [-0.4, -0.2) is 19.5 Å². The Labute approximate surface area is 96.5 Å². The Morgan fingerprint density at radius 3 is 2.88 bits per heavy atom. The number of benzene rings is 1. The van der Waals surface area contributed by atoms with Gasteiger partial charge >= 0.3 is 0 Å². The van der Waals surface area contributed by atoms with Crippen LogP contribution in [0.1, 0.15) is 31.4 Å². The summed E-state index contributed by atoms with van der Waals surface area (Å²) in [5, 5.41) is 3.44. The van der Waals surface area contributed by atoms with E-state index < -0.39 is 0 Å². The first-order valence-corrected chi connectivity index (χ1v) is 5.74. The number of nitrogens with zero attached hydrogens (tertiary/aromatic N) is 1. The van der Waals surface area contributed by atoms with Crippen molar-refractivity contribution in [3.05, 3.63) is 29.8 Å². The minimum atomic E-state index is 0.244. The van der Waals surface area contributed by atoms with Gasteiger partial charge in [0.2, 0.25) is 0 Å². The molecule has 0 unspecified atom stereocenters. The maximum Gasteiger partial charge on any atom is 0.124 e. The lowest BCUT2D eigenvalue weighted by molar-refractivity contribution is 0.405. The third-order valence-corrected chi connectivity index (χ3v) is 2.86. The zero-order valence-corrected chi connectivity index (χ0v) is 9.86. The van der Waals surface area contributed by atoms with Crippen LogP contribution in [0.25, 0.3) is 0 Å². The summed E-state index contributed by atoms with van der Waals surface area (Å²) in [6, 6.07) is 8.35. The third kappa shape index (κ3) is 2.35. The van der Waals surface area contributed by atoms with E-state index in [4.69, 9.17) is 4.74 Å². The monoisotopic (exact) mass is 218 g/mol. The van der Waals surface area contributed by atoms with Crippen molar-refractivity contribution in [2.75, 3.05) is 13.7 Å². The van der Waals surface area contributed by atoms with E-state index in [-0.39, 0.29) is 6.04 Å². The lowest BCUT2D eigenvalue weighted by Gasteiger charge is -2.18. The molecule has 1 aliphatic rings. The molecule has 0 radical (unpaired) electrons. The van der Waals surface area contributed by atoms with Crippen LogP contribution in [0.4, 0.5) is 0 Å². The fraction of sp³-hybridized carbons (Fsp3) is 0.462. The minimum Gasteiger partial charge on any atom is -0.496 e. The van der Waals surface area contributed by atoms with Gasteiger partial charge in [0.05, 0.1) is 19.0 Å². The molecule has 1 N–H and O–H groups in total. The van der Waals surface area contributed by atoms with Gasteiger partial charge in [-0.05, 0) is 19.4 Å². The van der Waals surface area contributed by atoms with Gasteiger partial charge in [-0.15, -0.1) is 0 Å². The van der Waals surface area contributed by atoms with E-state index >= 15 is 0 Å². The van der Waals surface area contributed by atoms with Crippen LogP contribution in [0.5, 0.6) is 5.75 Å². The van der Waals surface area contributed by atoms with Gasteiger partial charge in [-0.2, -0.15) is 0 Å². The number of hydrogen-bond acceptors (Lipinski definition) is 3. The van der Waals surface area contributed by atoms with Gasteiger partial charge in [-0.1, -0.05) is 18.2 Å². The van der Waals surface area contributed by atoms with E-state index in [1.54, 1.807) is 7.11 Å². The molecule has 0 fully saturated rings. The molecule has 2 rings (SSSR count). The van der Waals surface area contributed by atoms with Gasteiger partial charge in [0.1, 0.15) is 5.75 Å². The van der Waals surface area contributed by atoms with Crippen molar-refractivity contribution in [3.8, 4) is 5.75 Å². The quantitative estimate of drug-likeness (QED) is 0.845. The van der Waals surface area contributed by atoms with Crippen molar-refractivity contribution in [1.29, 1.82) is 0 Å². The second-order valence-electron chi connectivity index (χ2n) is 4.04. The van der Waals surface area contributed by atoms with Crippen molar-refractivity contribution >= 4 is 5.84 Å². The number of rotatable bonds is 3. The zero-order valence-electron chi connectivity index (χ0n) is 9.86. The predicted octanol–water partition coefficient (Wildman–Crippen LogP) is 2.54. The summed E-state index contributed by atoms with van der Waals surface area (Å²) in [4.78, 5) is 4.42. The van der Waals surface area contributed by atoms with E-state index in [0.717, 1.165) is 24.6 Å². The summed E-state index contributed by atoms with van der Waals surface area (Å²) in [5.74, 6) is 2.06. The van der Waals surface area contributed by atoms with E-state index in [0.29, 0.717) is 0 Å². The first kappa shape index (κ1) is 11.0. The molecule has 16 heavy (non-hydrogen) atoms. The Bertz CT molecular complexity index is 387. The van der Waals surface area contributed by atoms with E-state index in [9.17, 15) is 0 Å². The maximum atomic E-state index is 5.35. The summed E-state index contributed by atoms with van der Waals surface area (Å²) in [6.07, 6.45) is 2.24. The Kier molecular flexibility index (Phi) is 3.44. The zero-order chi connectivity index (χ0) is 11.4. The van der Waals surface area contributed by atoms with Crippen LogP contribution >= 0.6 is 0 Å². The minimum absolute atomic E-state index is 0.244. The second kappa shape index (κ2) is 5.01. The first-order valence-electron chi connectivity index (χ1n) is 5.74. The molecule has 0 aliphatic carbocycles. The topological polar surface area (TPSA) is 33.6 Å². The summed E-state index contributed by atoms with van der Waals surface area (Å²) >= 11 is 0. The van der Waals surface area contributed by atoms with Gasteiger partial charge in [0.15, 0.2) is 0 Å². The van der Waals surface area contributed by atoms with Gasteiger partial charge in [-0.3, -0.25) is 4.99 Å². The number of ether oxygens (including phenoxy) is 1. The highest BCUT2D eigenvalue weighted by Gasteiger charge is 2.13. The fourth-order valence-electron chi connectivity index (χ4n) is 2.01. The molecule has 3 heteroatoms. The summed E-state index contributed by atoms with van der Waals surface area (Å²) in [7, 11) is 1.71. The summed E-state index contributed by atoms with van der Waals surface area (Å²) in [6.45, 7) is 3.10. The van der Waals surface area contributed by atoms with Crippen LogP contribution in [-0.2, 0) is 0 Å². The largest absolute Gasteiger partial charge is 0.496 e.